The summed E-state index contributed by atoms with van der Waals surface area (Å²) in [6.07, 6.45) is 0. The van der Waals surface area contributed by atoms with Crippen molar-refractivity contribution in [3.63, 3.8) is 0 Å². The van der Waals surface area contributed by atoms with Gasteiger partial charge in [0.2, 0.25) is 0 Å². The fourth-order valence-electron chi connectivity index (χ4n) is 0. The van der Waals surface area contributed by atoms with Crippen LogP contribution in [0.25, 0.3) is 0 Å². The SMILES string of the molecule is O=[C-]OO.[Ag].[Ca+2].[OH-].[Zn]. The van der Waals surface area contributed by atoms with Gasteiger partial charge in [-0.3, -0.25) is 0 Å². The maximum Gasteiger partial charge on any atom is 2.00 e. The Morgan fingerprint density at radius 1 is 1.50 bits per heavy atom. The van der Waals surface area contributed by atoms with Crippen LogP contribution in [-0.4, -0.2) is 54.9 Å². The maximum atomic E-state index is 8.58. The third kappa shape index (κ3) is 43.4. The summed E-state index contributed by atoms with van der Waals surface area (Å²) in [4.78, 5) is 11.3. The maximum absolute atomic E-state index is 8.58. The van der Waals surface area contributed by atoms with Crippen LogP contribution in [0.5, 0.6) is 0 Å². The van der Waals surface area contributed by atoms with Gasteiger partial charge in [0.1, 0.15) is 0 Å². The average Bonchev–Trinajstić information content (AvgIpc) is 1.37. The van der Waals surface area contributed by atoms with E-state index < -0.39 is 0 Å². The van der Waals surface area contributed by atoms with Crippen molar-refractivity contribution in [1.82, 2.24) is 0 Å². The predicted octanol–water partition coefficient (Wildman–Crippen LogP) is -1.02. The summed E-state index contributed by atoms with van der Waals surface area (Å²) >= 11 is 0. The smallest absolute Gasteiger partial charge is 0.870 e. The molecule has 0 atom stereocenters. The minimum atomic E-state index is 0. The molecule has 0 aromatic heterocycles. The second-order valence-corrected chi connectivity index (χ2v) is 0.175. The summed E-state index contributed by atoms with van der Waals surface area (Å²) in [6, 6.07) is 0. The molecule has 0 unspecified atom stereocenters. The summed E-state index contributed by atoms with van der Waals surface area (Å²) in [7, 11) is 0. The molecule has 0 rings (SSSR count). The number of hydrogen-bond acceptors (Lipinski definition) is 4. The average molecular weight is 291 g/mol. The summed E-state index contributed by atoms with van der Waals surface area (Å²) in [5.41, 5.74) is 0. The molecule has 0 aliphatic heterocycles. The Kier molecular flexibility index (Phi) is 145. The molecule has 45 valence electrons. The largest absolute Gasteiger partial charge is 2.00 e. The van der Waals surface area contributed by atoms with Gasteiger partial charge in [0.25, 0.3) is 0 Å². The quantitative estimate of drug-likeness (QED) is 0.290. The third-order valence-corrected chi connectivity index (χ3v) is 0.0373. The van der Waals surface area contributed by atoms with Crippen molar-refractivity contribution >= 4 is 44.2 Å². The Morgan fingerprint density at radius 3 is 1.62 bits per heavy atom. The van der Waals surface area contributed by atoms with Gasteiger partial charge in [-0.05, 0) is 6.47 Å². The van der Waals surface area contributed by atoms with Crippen molar-refractivity contribution in [2.24, 2.45) is 0 Å². The second-order valence-electron chi connectivity index (χ2n) is 0.175. The van der Waals surface area contributed by atoms with Crippen LogP contribution in [0, 0.1) is 0 Å². The molecule has 2 N–H and O–H groups in total. The summed E-state index contributed by atoms with van der Waals surface area (Å²) < 4.78 is 0. The summed E-state index contributed by atoms with van der Waals surface area (Å²) in [5, 5.41) is 6.95. The standard InChI is InChI=1S/CHO3.Ag.Ca.H2O.Zn/c2-1-4-3;;;;/h3H;;;1H2;/q-1;;+2;;/p-1. The van der Waals surface area contributed by atoms with Crippen LogP contribution >= 0.6 is 0 Å². The monoisotopic (exact) mass is 289 g/mol. The van der Waals surface area contributed by atoms with Crippen molar-refractivity contribution in [2.75, 3.05) is 0 Å². The van der Waals surface area contributed by atoms with Crippen LogP contribution in [0.1, 0.15) is 0 Å². The Balaban J connectivity index is -0.00000000750. The zero-order valence-electron chi connectivity index (χ0n) is 3.93. The topological polar surface area (TPSA) is 76.5 Å². The number of rotatable bonds is 1. The fraction of sp³-hybridized carbons (Fsp3) is 0. The fourth-order valence-corrected chi connectivity index (χ4v) is 0. The zero-order valence-corrected chi connectivity index (χ0v) is 10.6. The van der Waals surface area contributed by atoms with E-state index in [4.69, 9.17) is 10.1 Å². The molecule has 1 radical (unpaired) electrons. The molecule has 0 aliphatic rings. The van der Waals surface area contributed by atoms with Crippen molar-refractivity contribution < 1.29 is 62.3 Å². The summed E-state index contributed by atoms with van der Waals surface area (Å²) in [5.74, 6) is 0. The molecule has 7 heteroatoms. The predicted molar refractivity (Wildman–Crippen MR) is 17.1 cm³/mol. The van der Waals surface area contributed by atoms with Crippen LogP contribution in [-0.2, 0) is 51.5 Å². The first kappa shape index (κ1) is 32.4. The molecule has 0 amide bonds. The minimum absolute atomic E-state index is 0. The van der Waals surface area contributed by atoms with Crippen molar-refractivity contribution in [1.29, 1.82) is 0 Å². The van der Waals surface area contributed by atoms with E-state index in [0.29, 0.717) is 0 Å². The van der Waals surface area contributed by atoms with Crippen molar-refractivity contribution in [3.8, 4) is 0 Å². The molecule has 0 saturated carbocycles. The van der Waals surface area contributed by atoms with Crippen LogP contribution in [0.15, 0.2) is 0 Å². The Morgan fingerprint density at radius 2 is 1.62 bits per heavy atom. The van der Waals surface area contributed by atoms with Crippen LogP contribution in [0.2, 0.25) is 0 Å². The first-order valence-electron chi connectivity index (χ1n) is 0.591. The van der Waals surface area contributed by atoms with Crippen LogP contribution < -0.4 is 0 Å². The summed E-state index contributed by atoms with van der Waals surface area (Å²) in [6.45, 7) is 0.736. The van der Waals surface area contributed by atoms with Crippen molar-refractivity contribution in [2.45, 2.75) is 0 Å². The zero-order chi connectivity index (χ0) is 3.41. The van der Waals surface area contributed by atoms with E-state index in [1.807, 2.05) is 0 Å². The molecule has 0 aromatic carbocycles. The van der Waals surface area contributed by atoms with E-state index in [1.54, 1.807) is 0 Å². The molecule has 0 fully saturated rings. The van der Waals surface area contributed by atoms with Gasteiger partial charge in [0.05, 0.1) is 0 Å². The van der Waals surface area contributed by atoms with Crippen LogP contribution in [0.3, 0.4) is 0 Å². The molecule has 4 nitrogen and oxygen atoms in total. The van der Waals surface area contributed by atoms with Gasteiger partial charge in [-0.1, -0.05) is 0 Å². The normalized spacial score (nSPS) is 2.62. The van der Waals surface area contributed by atoms with Gasteiger partial charge in [0.15, 0.2) is 0 Å². The van der Waals surface area contributed by atoms with Gasteiger partial charge in [-0.25, -0.2) is 5.26 Å². The molecular weight excluding hydrogens is 289 g/mol. The van der Waals surface area contributed by atoms with Gasteiger partial charge in [-0.2, -0.15) is 0 Å². The first-order chi connectivity index (χ1) is 1.91. The third-order valence-electron chi connectivity index (χ3n) is 0.0373. The van der Waals surface area contributed by atoms with Gasteiger partial charge in [0, 0.05) is 41.9 Å². The van der Waals surface area contributed by atoms with Gasteiger partial charge in [-0.15, -0.1) is 0 Å². The molecule has 8 heavy (non-hydrogen) atoms. The van der Waals surface area contributed by atoms with E-state index in [-0.39, 0.29) is 85.1 Å². The Labute approximate surface area is 105 Å². The van der Waals surface area contributed by atoms with Gasteiger partial charge >= 0.3 is 37.7 Å². The van der Waals surface area contributed by atoms with E-state index in [2.05, 4.69) is 4.89 Å². The Hall–Kier alpha value is 2.01. The van der Waals surface area contributed by atoms with E-state index in [0.717, 1.165) is 6.47 Å². The Bertz CT molecular complexity index is 30.0. The second kappa shape index (κ2) is 35.9. The van der Waals surface area contributed by atoms with E-state index in [9.17, 15) is 0 Å². The number of carbonyl (C=O) groups excluding carboxylic acids is 1. The molecule has 0 heterocycles. The van der Waals surface area contributed by atoms with E-state index >= 15 is 0 Å². The first-order valence-corrected chi connectivity index (χ1v) is 0.591. The molecular formula is CH2AgCaO4Zn. The molecule has 0 aliphatic carbocycles. The molecule has 0 spiro atoms. The van der Waals surface area contributed by atoms with Crippen molar-refractivity contribution in [3.05, 3.63) is 0 Å². The van der Waals surface area contributed by atoms with Crippen LogP contribution in [0.4, 0.5) is 0 Å². The molecule has 0 saturated heterocycles. The van der Waals surface area contributed by atoms with Gasteiger partial charge < -0.3 is 15.2 Å². The molecule has 0 aromatic rings. The van der Waals surface area contributed by atoms with E-state index in [1.165, 1.54) is 0 Å². The number of hydrogen-bond donors (Lipinski definition) is 1. The minimum Gasteiger partial charge on any atom is -0.870 e. The molecule has 0 bridgehead atoms.